The lowest BCUT2D eigenvalue weighted by Crippen LogP contribution is -2.41. The molecule has 3 aromatic carbocycles. The Morgan fingerprint density at radius 3 is 2.31 bits per heavy atom. The number of benzene rings is 3. The zero-order valence-electron chi connectivity index (χ0n) is 24.4. The van der Waals surface area contributed by atoms with Crippen molar-refractivity contribution >= 4 is 23.6 Å². The highest BCUT2D eigenvalue weighted by atomic mass is 32.2. The van der Waals surface area contributed by atoms with Crippen molar-refractivity contribution in [2.45, 2.75) is 64.6 Å². The fourth-order valence-electron chi connectivity index (χ4n) is 5.85. The Morgan fingerprint density at radius 2 is 1.64 bits per heavy atom. The van der Waals surface area contributed by atoms with E-state index in [0.29, 0.717) is 42.3 Å². The first-order valence-electron chi connectivity index (χ1n) is 14.6. The Bertz CT molecular complexity index is 1360. The van der Waals surface area contributed by atoms with Gasteiger partial charge in [0, 0.05) is 31.3 Å². The summed E-state index contributed by atoms with van der Waals surface area (Å²) in [5, 5.41) is 12.4. The number of rotatable bonds is 13. The van der Waals surface area contributed by atoms with Crippen LogP contribution in [-0.4, -0.2) is 46.5 Å². The topological polar surface area (TPSA) is 69.6 Å². The minimum Gasteiger partial charge on any atom is -0.480 e. The minimum absolute atomic E-state index is 0.330. The molecule has 224 valence electrons. The van der Waals surface area contributed by atoms with Crippen LogP contribution in [0, 0.1) is 24.5 Å². The van der Waals surface area contributed by atoms with Crippen molar-refractivity contribution in [1.29, 1.82) is 0 Å². The van der Waals surface area contributed by atoms with Gasteiger partial charge in [-0.15, -0.1) is 0 Å². The van der Waals surface area contributed by atoms with Gasteiger partial charge in [-0.3, -0.25) is 9.69 Å². The molecule has 8 heteroatoms. The molecule has 1 atom stereocenters. The molecule has 1 fully saturated rings. The maximum Gasteiger partial charge on any atom is 0.326 e. The number of aryl methyl sites for hydroxylation is 1. The van der Waals surface area contributed by atoms with Crippen molar-refractivity contribution in [3.8, 4) is 11.1 Å². The molecule has 1 amide bonds. The maximum atomic E-state index is 14.0. The summed E-state index contributed by atoms with van der Waals surface area (Å²) in [4.78, 5) is 27.5. The van der Waals surface area contributed by atoms with Gasteiger partial charge in [0.1, 0.15) is 17.7 Å². The molecule has 0 aliphatic heterocycles. The number of aliphatic carboxylic acids is 1. The Kier molecular flexibility index (Phi) is 11.5. The molecule has 42 heavy (non-hydrogen) atoms. The highest BCUT2D eigenvalue weighted by Gasteiger charge is 2.24. The number of hydrogen-bond donors (Lipinski definition) is 2. The van der Waals surface area contributed by atoms with Crippen LogP contribution in [0.3, 0.4) is 0 Å². The number of carboxylic acid groups (broad SMARTS) is 1. The van der Waals surface area contributed by atoms with Crippen molar-refractivity contribution in [2.24, 2.45) is 5.92 Å². The second kappa shape index (κ2) is 15.3. The smallest absolute Gasteiger partial charge is 0.326 e. The number of hydrogen-bond acceptors (Lipinski definition) is 4. The Labute approximate surface area is 251 Å². The summed E-state index contributed by atoms with van der Waals surface area (Å²) in [6.07, 6.45) is 8.15. The zero-order valence-corrected chi connectivity index (χ0v) is 25.2. The monoisotopic (exact) mass is 594 g/mol. The van der Waals surface area contributed by atoms with Crippen LogP contribution in [0.2, 0.25) is 0 Å². The Morgan fingerprint density at radius 1 is 0.952 bits per heavy atom. The Balaban J connectivity index is 1.66. The number of nitrogens with zero attached hydrogens (tertiary/aromatic N) is 1. The number of carbonyl (C=O) groups is 2. The molecule has 0 radical (unpaired) electrons. The molecule has 1 aliphatic carbocycles. The molecule has 4 rings (SSSR count). The molecular formula is C34H40F2N2O3S. The first kappa shape index (κ1) is 31.7. The summed E-state index contributed by atoms with van der Waals surface area (Å²) >= 11 is 1.53. The number of amides is 1. The summed E-state index contributed by atoms with van der Waals surface area (Å²) in [6.45, 7) is 3.75. The molecule has 1 aliphatic rings. The average Bonchev–Trinajstić information content (AvgIpc) is 2.95. The highest BCUT2D eigenvalue weighted by molar-refractivity contribution is 7.98. The van der Waals surface area contributed by atoms with E-state index in [1.165, 1.54) is 43.2 Å². The van der Waals surface area contributed by atoms with Crippen LogP contribution in [0.15, 0.2) is 60.7 Å². The predicted molar refractivity (Wildman–Crippen MR) is 166 cm³/mol. The van der Waals surface area contributed by atoms with Crippen molar-refractivity contribution in [3.05, 3.63) is 94.6 Å². The van der Waals surface area contributed by atoms with Crippen LogP contribution >= 0.6 is 11.8 Å². The van der Waals surface area contributed by atoms with Crippen molar-refractivity contribution < 1.29 is 23.5 Å². The largest absolute Gasteiger partial charge is 0.480 e. The van der Waals surface area contributed by atoms with Crippen LogP contribution in [0.1, 0.15) is 65.6 Å². The highest BCUT2D eigenvalue weighted by Crippen LogP contribution is 2.30. The molecule has 0 spiro atoms. The number of carbonyl (C=O) groups excluding carboxylic acids is 1. The zero-order chi connectivity index (χ0) is 30.1. The van der Waals surface area contributed by atoms with Gasteiger partial charge in [0.2, 0.25) is 0 Å². The van der Waals surface area contributed by atoms with Gasteiger partial charge in [0.05, 0.1) is 0 Å². The van der Waals surface area contributed by atoms with E-state index in [-0.39, 0.29) is 0 Å². The third kappa shape index (κ3) is 8.88. The number of thioether (sulfide) groups is 1. The molecule has 0 saturated heterocycles. The normalized spacial score (nSPS) is 14.6. The summed E-state index contributed by atoms with van der Waals surface area (Å²) in [7, 11) is 0. The lowest BCUT2D eigenvalue weighted by molar-refractivity contribution is -0.139. The summed E-state index contributed by atoms with van der Waals surface area (Å²) in [6, 6.07) is 16.1. The van der Waals surface area contributed by atoms with Crippen molar-refractivity contribution in [3.63, 3.8) is 0 Å². The van der Waals surface area contributed by atoms with E-state index in [1.54, 1.807) is 6.07 Å². The predicted octanol–water partition coefficient (Wildman–Crippen LogP) is 7.46. The lowest BCUT2D eigenvalue weighted by atomic mass is 9.88. The standard InChI is InChI=1S/C34H40F2N2O3S/c1-23-8-6-7-11-29(23)31-18-25(12-13-30(31)33(39)37-32(34(40)41)14-15-42-2)21-38(20-24-9-4-3-5-10-24)22-26-16-27(35)19-28(36)17-26/h6-8,11-13,16-19,24,32H,3-5,9-10,14-15,20-22H2,1-2H3,(H,37,39)(H,40,41). The van der Waals surface area contributed by atoms with Crippen molar-refractivity contribution in [1.82, 2.24) is 10.2 Å². The first-order valence-corrected chi connectivity index (χ1v) is 16.0. The number of nitrogens with one attached hydrogen (secondary N) is 1. The summed E-state index contributed by atoms with van der Waals surface area (Å²) in [5.41, 5.74) is 4.58. The molecule has 0 heterocycles. The maximum absolute atomic E-state index is 14.0. The van der Waals surface area contributed by atoms with Crippen LogP contribution in [0.4, 0.5) is 8.78 Å². The molecule has 1 unspecified atom stereocenters. The molecule has 2 N–H and O–H groups in total. The van der Waals surface area contributed by atoms with Crippen LogP contribution < -0.4 is 5.32 Å². The van der Waals surface area contributed by atoms with Crippen molar-refractivity contribution in [2.75, 3.05) is 18.6 Å². The van der Waals surface area contributed by atoms with E-state index in [0.717, 1.165) is 47.7 Å². The SMILES string of the molecule is CSCCC(NC(=O)c1ccc(CN(Cc2cc(F)cc(F)c2)CC2CCCCC2)cc1-c1ccccc1C)C(=O)O. The summed E-state index contributed by atoms with van der Waals surface area (Å²) < 4.78 is 28.1. The van der Waals surface area contributed by atoms with Gasteiger partial charge in [-0.05, 0) is 96.2 Å². The van der Waals surface area contributed by atoms with Gasteiger partial charge in [-0.2, -0.15) is 11.8 Å². The second-order valence-electron chi connectivity index (χ2n) is 11.3. The molecule has 0 aromatic heterocycles. The fraction of sp³-hybridized carbons (Fsp3) is 0.412. The average molecular weight is 595 g/mol. The van der Waals surface area contributed by atoms with E-state index in [2.05, 4.69) is 10.2 Å². The van der Waals surface area contributed by atoms with E-state index in [9.17, 15) is 23.5 Å². The minimum atomic E-state index is -1.06. The molecule has 5 nitrogen and oxygen atoms in total. The third-order valence-corrected chi connectivity index (χ3v) is 8.60. The van der Waals surface area contributed by atoms with Gasteiger partial charge >= 0.3 is 5.97 Å². The van der Waals surface area contributed by atoms with E-state index in [1.807, 2.05) is 49.6 Å². The number of carboxylic acids is 1. The van der Waals surface area contributed by atoms with E-state index < -0.39 is 29.6 Å². The van der Waals surface area contributed by atoms with Gasteiger partial charge in [-0.1, -0.05) is 49.6 Å². The summed E-state index contributed by atoms with van der Waals surface area (Å²) in [5.74, 6) is -1.52. The van der Waals surface area contributed by atoms with Gasteiger partial charge in [0.15, 0.2) is 0 Å². The van der Waals surface area contributed by atoms with Crippen LogP contribution in [-0.2, 0) is 17.9 Å². The molecule has 1 saturated carbocycles. The Hall–Kier alpha value is -3.23. The molecule has 0 bridgehead atoms. The van der Waals surface area contributed by atoms with Crippen LogP contribution in [0.5, 0.6) is 0 Å². The van der Waals surface area contributed by atoms with Gasteiger partial charge < -0.3 is 10.4 Å². The van der Waals surface area contributed by atoms with E-state index in [4.69, 9.17) is 0 Å². The lowest BCUT2D eigenvalue weighted by Gasteiger charge is -2.30. The first-order chi connectivity index (χ1) is 20.2. The van der Waals surface area contributed by atoms with E-state index >= 15 is 0 Å². The quantitative estimate of drug-likeness (QED) is 0.215. The number of halogens is 2. The second-order valence-corrected chi connectivity index (χ2v) is 12.3. The fourth-order valence-corrected chi connectivity index (χ4v) is 6.32. The molecular weight excluding hydrogens is 554 g/mol. The molecule has 3 aromatic rings. The third-order valence-electron chi connectivity index (χ3n) is 7.95. The van der Waals surface area contributed by atoms with Gasteiger partial charge in [0.25, 0.3) is 5.91 Å². The van der Waals surface area contributed by atoms with Crippen LogP contribution in [0.25, 0.3) is 11.1 Å². The van der Waals surface area contributed by atoms with Gasteiger partial charge in [-0.25, -0.2) is 13.6 Å².